The zero-order valence-corrected chi connectivity index (χ0v) is 10.0. The van der Waals surface area contributed by atoms with Gasteiger partial charge in [0, 0.05) is 31.9 Å². The van der Waals surface area contributed by atoms with Gasteiger partial charge in [0.25, 0.3) is 5.91 Å². The summed E-state index contributed by atoms with van der Waals surface area (Å²) in [7, 11) is 1.74. The molecule has 92 valence electrons. The Kier molecular flexibility index (Phi) is 3.02. The van der Waals surface area contributed by atoms with Crippen LogP contribution < -0.4 is 0 Å². The van der Waals surface area contributed by atoms with Gasteiger partial charge in [-0.05, 0) is 19.4 Å². The van der Waals surface area contributed by atoms with Gasteiger partial charge in [-0.3, -0.25) is 9.59 Å². The summed E-state index contributed by atoms with van der Waals surface area (Å²) >= 11 is 0. The quantitative estimate of drug-likeness (QED) is 0.758. The topological polar surface area (TPSA) is 62.5 Å². The number of carbonyl (C=O) groups is 2. The monoisotopic (exact) mass is 236 g/mol. The molecule has 1 aromatic heterocycles. The van der Waals surface area contributed by atoms with E-state index in [9.17, 15) is 14.7 Å². The molecule has 1 aliphatic heterocycles. The summed E-state index contributed by atoms with van der Waals surface area (Å²) in [6.07, 6.45) is 1.85. The van der Waals surface area contributed by atoms with E-state index in [-0.39, 0.29) is 11.7 Å². The lowest BCUT2D eigenvalue weighted by atomic mass is 10.2. The first-order valence-electron chi connectivity index (χ1n) is 5.63. The van der Waals surface area contributed by atoms with Crippen LogP contribution in [0, 0.1) is 0 Å². The number of Topliss-reactive ketones (excluding diaryl/α,β-unsaturated/α-hetero) is 1. The highest BCUT2D eigenvalue weighted by Gasteiger charge is 2.27. The number of carbonyl (C=O) groups excluding carboxylic acids is 2. The van der Waals surface area contributed by atoms with Crippen molar-refractivity contribution in [1.29, 1.82) is 0 Å². The van der Waals surface area contributed by atoms with Crippen molar-refractivity contribution in [2.75, 3.05) is 13.1 Å². The Bertz CT molecular complexity index is 464. The number of nitrogens with zero attached hydrogens (tertiary/aromatic N) is 2. The minimum Gasteiger partial charge on any atom is -0.391 e. The average molecular weight is 236 g/mol. The number of aliphatic hydroxyl groups excluding tert-OH is 1. The van der Waals surface area contributed by atoms with Crippen molar-refractivity contribution in [2.45, 2.75) is 19.4 Å². The smallest absolute Gasteiger partial charge is 0.270 e. The van der Waals surface area contributed by atoms with Gasteiger partial charge >= 0.3 is 0 Å². The number of aliphatic hydroxyl groups is 1. The third-order valence-corrected chi connectivity index (χ3v) is 3.08. The summed E-state index contributed by atoms with van der Waals surface area (Å²) in [5.41, 5.74) is 1.03. The lowest BCUT2D eigenvalue weighted by molar-refractivity contribution is 0.0755. The second-order valence-corrected chi connectivity index (χ2v) is 4.47. The Morgan fingerprint density at radius 1 is 1.47 bits per heavy atom. The first-order valence-corrected chi connectivity index (χ1v) is 5.63. The van der Waals surface area contributed by atoms with Gasteiger partial charge in [-0.25, -0.2) is 0 Å². The molecule has 5 heteroatoms. The van der Waals surface area contributed by atoms with E-state index >= 15 is 0 Å². The standard InChI is InChI=1S/C12H16N2O3/c1-8(15)9-5-11(13(2)6-9)12(17)14-4-3-10(16)7-14/h5-6,10,16H,3-4,7H2,1-2H3/t10-/m1/s1. The average Bonchev–Trinajstić information content (AvgIpc) is 2.84. The van der Waals surface area contributed by atoms with Gasteiger partial charge in [-0.15, -0.1) is 0 Å². The number of amides is 1. The Morgan fingerprint density at radius 3 is 2.65 bits per heavy atom. The maximum atomic E-state index is 12.1. The number of likely N-dealkylation sites (tertiary alicyclic amines) is 1. The van der Waals surface area contributed by atoms with Gasteiger partial charge in [0.2, 0.25) is 0 Å². The number of hydrogen-bond donors (Lipinski definition) is 1. The fraction of sp³-hybridized carbons (Fsp3) is 0.500. The second kappa shape index (κ2) is 4.33. The number of β-amino-alcohol motifs (C(OH)–C–C–N with tert-alkyl or cyclic N) is 1. The van der Waals surface area contributed by atoms with Crippen LogP contribution in [0.25, 0.3) is 0 Å². The highest BCUT2D eigenvalue weighted by molar-refractivity contribution is 5.99. The van der Waals surface area contributed by atoms with Crippen molar-refractivity contribution in [3.05, 3.63) is 23.5 Å². The van der Waals surface area contributed by atoms with Gasteiger partial charge < -0.3 is 14.6 Å². The van der Waals surface area contributed by atoms with Crippen LogP contribution in [-0.2, 0) is 7.05 Å². The van der Waals surface area contributed by atoms with E-state index in [4.69, 9.17) is 0 Å². The van der Waals surface area contributed by atoms with E-state index in [0.29, 0.717) is 30.8 Å². The molecule has 1 aromatic rings. The molecule has 1 atom stereocenters. The first-order chi connectivity index (χ1) is 7.99. The van der Waals surface area contributed by atoms with Crippen LogP contribution in [-0.4, -0.2) is 45.5 Å². The zero-order valence-electron chi connectivity index (χ0n) is 10.0. The lowest BCUT2D eigenvalue weighted by Crippen LogP contribution is -2.30. The molecule has 5 nitrogen and oxygen atoms in total. The summed E-state index contributed by atoms with van der Waals surface area (Å²) in [5.74, 6) is -0.183. The summed E-state index contributed by atoms with van der Waals surface area (Å²) in [5, 5.41) is 9.40. The molecule has 0 saturated carbocycles. The molecule has 1 N–H and O–H groups in total. The van der Waals surface area contributed by atoms with E-state index in [2.05, 4.69) is 0 Å². The van der Waals surface area contributed by atoms with Crippen LogP contribution in [0.4, 0.5) is 0 Å². The van der Waals surface area contributed by atoms with Crippen LogP contribution >= 0.6 is 0 Å². The van der Waals surface area contributed by atoms with E-state index in [1.807, 2.05) is 0 Å². The molecular formula is C12H16N2O3. The maximum absolute atomic E-state index is 12.1. The van der Waals surface area contributed by atoms with Crippen LogP contribution in [0.3, 0.4) is 0 Å². The molecule has 1 aliphatic rings. The number of aromatic nitrogens is 1. The van der Waals surface area contributed by atoms with E-state index in [0.717, 1.165) is 0 Å². The van der Waals surface area contributed by atoms with Gasteiger partial charge in [0.05, 0.1) is 6.10 Å². The molecule has 17 heavy (non-hydrogen) atoms. The molecule has 2 heterocycles. The highest BCUT2D eigenvalue weighted by Crippen LogP contribution is 2.15. The molecule has 0 aromatic carbocycles. The molecule has 1 saturated heterocycles. The zero-order chi connectivity index (χ0) is 12.6. The molecule has 0 radical (unpaired) electrons. The minimum absolute atomic E-state index is 0.0545. The normalized spacial score (nSPS) is 19.7. The minimum atomic E-state index is -0.425. The van der Waals surface area contributed by atoms with E-state index < -0.39 is 6.10 Å². The summed E-state index contributed by atoms with van der Waals surface area (Å²) < 4.78 is 1.66. The maximum Gasteiger partial charge on any atom is 0.270 e. The van der Waals surface area contributed by atoms with Crippen LogP contribution in [0.15, 0.2) is 12.3 Å². The molecule has 0 spiro atoms. The predicted octanol–water partition coefficient (Wildman–Crippen LogP) is 0.434. The van der Waals surface area contributed by atoms with Crippen LogP contribution in [0.2, 0.25) is 0 Å². The third kappa shape index (κ3) is 2.24. The van der Waals surface area contributed by atoms with Crippen molar-refractivity contribution in [2.24, 2.45) is 7.05 Å². The molecule has 0 aliphatic carbocycles. The van der Waals surface area contributed by atoms with Crippen LogP contribution in [0.1, 0.15) is 34.2 Å². The molecule has 1 amide bonds. The van der Waals surface area contributed by atoms with Crippen molar-refractivity contribution in [3.8, 4) is 0 Å². The van der Waals surface area contributed by atoms with Crippen molar-refractivity contribution < 1.29 is 14.7 Å². The second-order valence-electron chi connectivity index (χ2n) is 4.47. The summed E-state index contributed by atoms with van der Waals surface area (Å²) in [6, 6.07) is 1.61. The van der Waals surface area contributed by atoms with Crippen molar-refractivity contribution in [1.82, 2.24) is 9.47 Å². The fourth-order valence-electron chi connectivity index (χ4n) is 2.06. The number of rotatable bonds is 2. The molecule has 0 bridgehead atoms. The Labute approximate surface area is 99.6 Å². The third-order valence-electron chi connectivity index (χ3n) is 3.08. The van der Waals surface area contributed by atoms with E-state index in [1.165, 1.54) is 6.92 Å². The fourth-order valence-corrected chi connectivity index (χ4v) is 2.06. The lowest BCUT2D eigenvalue weighted by Gasteiger charge is -2.15. The van der Waals surface area contributed by atoms with E-state index in [1.54, 1.807) is 28.8 Å². The highest BCUT2D eigenvalue weighted by atomic mass is 16.3. The van der Waals surface area contributed by atoms with Gasteiger partial charge in [0.15, 0.2) is 5.78 Å². The summed E-state index contributed by atoms with van der Waals surface area (Å²) in [4.78, 5) is 25.0. The molecule has 2 rings (SSSR count). The molecular weight excluding hydrogens is 220 g/mol. The number of aryl methyl sites for hydroxylation is 1. The molecule has 1 fully saturated rings. The first kappa shape index (κ1) is 11.9. The Hall–Kier alpha value is -1.62. The van der Waals surface area contributed by atoms with Gasteiger partial charge in [0.1, 0.15) is 5.69 Å². The largest absolute Gasteiger partial charge is 0.391 e. The Balaban J connectivity index is 2.22. The Morgan fingerprint density at radius 2 is 2.18 bits per heavy atom. The summed E-state index contributed by atoms with van der Waals surface area (Å²) in [6.45, 7) is 2.42. The van der Waals surface area contributed by atoms with Crippen molar-refractivity contribution in [3.63, 3.8) is 0 Å². The van der Waals surface area contributed by atoms with Crippen molar-refractivity contribution >= 4 is 11.7 Å². The predicted molar refractivity (Wildman–Crippen MR) is 61.9 cm³/mol. The number of ketones is 1. The number of hydrogen-bond acceptors (Lipinski definition) is 3. The van der Waals surface area contributed by atoms with Gasteiger partial charge in [-0.2, -0.15) is 0 Å². The van der Waals surface area contributed by atoms with Crippen LogP contribution in [0.5, 0.6) is 0 Å². The van der Waals surface area contributed by atoms with Gasteiger partial charge in [-0.1, -0.05) is 0 Å². The SMILES string of the molecule is CC(=O)c1cc(C(=O)N2CC[C@@H](O)C2)n(C)c1. The molecule has 0 unspecified atom stereocenters.